The minimum atomic E-state index is -0.286. The first-order valence-corrected chi connectivity index (χ1v) is 10.8. The SMILES string of the molecule is Cc1ccc(-n2cnnc2SCC(=O)N(Cc2ccccc2)C(C)(C)C)cc1Cl. The van der Waals surface area contributed by atoms with Gasteiger partial charge in [-0.2, -0.15) is 0 Å². The molecular weight excluding hydrogens is 404 g/mol. The molecule has 1 heterocycles. The summed E-state index contributed by atoms with van der Waals surface area (Å²) in [6, 6.07) is 15.8. The molecule has 152 valence electrons. The van der Waals surface area contributed by atoms with Crippen LogP contribution in [0.5, 0.6) is 0 Å². The molecule has 0 N–H and O–H groups in total. The van der Waals surface area contributed by atoms with Gasteiger partial charge in [-0.1, -0.05) is 59.8 Å². The van der Waals surface area contributed by atoms with Gasteiger partial charge < -0.3 is 4.90 Å². The molecule has 0 spiro atoms. The molecule has 0 saturated heterocycles. The van der Waals surface area contributed by atoms with Crippen molar-refractivity contribution in [3.05, 3.63) is 71.0 Å². The van der Waals surface area contributed by atoms with Gasteiger partial charge in [-0.05, 0) is 51.0 Å². The van der Waals surface area contributed by atoms with Crippen molar-refractivity contribution in [2.45, 2.75) is 44.9 Å². The number of nitrogens with zero attached hydrogens (tertiary/aromatic N) is 4. The van der Waals surface area contributed by atoms with Gasteiger partial charge in [0.15, 0.2) is 5.16 Å². The van der Waals surface area contributed by atoms with Gasteiger partial charge in [0.25, 0.3) is 0 Å². The number of halogens is 1. The molecular formula is C22H25ClN4OS. The summed E-state index contributed by atoms with van der Waals surface area (Å²) in [6.45, 7) is 8.68. The number of amides is 1. The number of aromatic nitrogens is 3. The van der Waals surface area contributed by atoms with Crippen molar-refractivity contribution in [1.82, 2.24) is 19.7 Å². The van der Waals surface area contributed by atoms with E-state index in [9.17, 15) is 4.79 Å². The predicted molar refractivity (Wildman–Crippen MR) is 119 cm³/mol. The first-order valence-electron chi connectivity index (χ1n) is 9.39. The Hall–Kier alpha value is -2.31. The topological polar surface area (TPSA) is 51.0 Å². The Balaban J connectivity index is 1.74. The van der Waals surface area contributed by atoms with Crippen LogP contribution in [0, 0.1) is 6.92 Å². The summed E-state index contributed by atoms with van der Waals surface area (Å²) >= 11 is 7.63. The average molecular weight is 429 g/mol. The van der Waals surface area contributed by atoms with Crippen LogP contribution in [0.15, 0.2) is 60.0 Å². The maximum Gasteiger partial charge on any atom is 0.233 e. The highest BCUT2D eigenvalue weighted by atomic mass is 35.5. The van der Waals surface area contributed by atoms with E-state index in [1.807, 2.05) is 64.9 Å². The molecule has 0 radical (unpaired) electrons. The third kappa shape index (κ3) is 5.40. The average Bonchev–Trinajstić information content (AvgIpc) is 3.15. The van der Waals surface area contributed by atoms with E-state index in [1.54, 1.807) is 6.33 Å². The molecule has 29 heavy (non-hydrogen) atoms. The minimum absolute atomic E-state index is 0.0582. The van der Waals surface area contributed by atoms with Gasteiger partial charge in [0.1, 0.15) is 6.33 Å². The number of carbonyl (C=O) groups excluding carboxylic acids is 1. The highest BCUT2D eigenvalue weighted by Gasteiger charge is 2.27. The second-order valence-electron chi connectivity index (χ2n) is 7.84. The van der Waals surface area contributed by atoms with Crippen molar-refractivity contribution >= 4 is 29.3 Å². The van der Waals surface area contributed by atoms with Crippen LogP contribution in [0.4, 0.5) is 0 Å². The maximum atomic E-state index is 13.1. The van der Waals surface area contributed by atoms with E-state index >= 15 is 0 Å². The molecule has 0 aliphatic carbocycles. The Morgan fingerprint density at radius 2 is 1.90 bits per heavy atom. The summed E-state index contributed by atoms with van der Waals surface area (Å²) < 4.78 is 1.85. The molecule has 1 aromatic heterocycles. The quantitative estimate of drug-likeness (QED) is 0.509. The molecule has 3 rings (SSSR count). The Kier molecular flexibility index (Phi) is 6.65. The lowest BCUT2D eigenvalue weighted by Crippen LogP contribution is -2.45. The molecule has 3 aromatic rings. The lowest BCUT2D eigenvalue weighted by Gasteiger charge is -2.36. The number of aryl methyl sites for hydroxylation is 1. The van der Waals surface area contributed by atoms with E-state index < -0.39 is 0 Å². The Bertz CT molecular complexity index is 982. The van der Waals surface area contributed by atoms with Crippen molar-refractivity contribution in [3.63, 3.8) is 0 Å². The zero-order valence-electron chi connectivity index (χ0n) is 17.1. The molecule has 0 fully saturated rings. The standard InChI is InChI=1S/C22H25ClN4OS/c1-16-10-11-18(12-19(16)23)26-15-24-25-21(26)29-14-20(28)27(22(2,3)4)13-17-8-6-5-7-9-17/h5-12,15H,13-14H2,1-4H3. The fourth-order valence-electron chi connectivity index (χ4n) is 2.90. The van der Waals surface area contributed by atoms with Crippen LogP contribution in [0.3, 0.4) is 0 Å². The van der Waals surface area contributed by atoms with Crippen molar-refractivity contribution in [3.8, 4) is 5.69 Å². The third-order valence-electron chi connectivity index (χ3n) is 4.57. The van der Waals surface area contributed by atoms with Crippen molar-refractivity contribution in [2.24, 2.45) is 0 Å². The van der Waals surface area contributed by atoms with Gasteiger partial charge in [0.05, 0.1) is 11.4 Å². The van der Waals surface area contributed by atoms with Crippen LogP contribution >= 0.6 is 23.4 Å². The van der Waals surface area contributed by atoms with Crippen molar-refractivity contribution in [1.29, 1.82) is 0 Å². The van der Waals surface area contributed by atoms with Crippen molar-refractivity contribution in [2.75, 3.05) is 5.75 Å². The fourth-order valence-corrected chi connectivity index (χ4v) is 3.88. The molecule has 0 unspecified atom stereocenters. The summed E-state index contributed by atoms with van der Waals surface area (Å²) in [5.41, 5.74) is 2.70. The number of thioether (sulfide) groups is 1. The number of carbonyl (C=O) groups is 1. The summed E-state index contributed by atoms with van der Waals surface area (Å²) in [5.74, 6) is 0.338. The van der Waals surface area contributed by atoms with Gasteiger partial charge in [0.2, 0.25) is 5.91 Å². The monoisotopic (exact) mass is 428 g/mol. The Labute approximate surface area is 181 Å². The van der Waals surface area contributed by atoms with Gasteiger partial charge in [-0.25, -0.2) is 0 Å². The maximum absolute atomic E-state index is 13.1. The third-order valence-corrected chi connectivity index (χ3v) is 5.90. The summed E-state index contributed by atoms with van der Waals surface area (Å²) in [6.07, 6.45) is 1.64. The van der Waals surface area contributed by atoms with Gasteiger partial charge in [0, 0.05) is 17.1 Å². The minimum Gasteiger partial charge on any atom is -0.333 e. The lowest BCUT2D eigenvalue weighted by molar-refractivity contribution is -0.133. The molecule has 2 aromatic carbocycles. The normalized spacial score (nSPS) is 11.5. The zero-order chi connectivity index (χ0) is 21.0. The number of rotatable bonds is 6. The Morgan fingerprint density at radius 3 is 2.55 bits per heavy atom. The van der Waals surface area contributed by atoms with Gasteiger partial charge >= 0.3 is 0 Å². The number of benzene rings is 2. The molecule has 0 atom stereocenters. The van der Waals surface area contributed by atoms with E-state index in [1.165, 1.54) is 11.8 Å². The molecule has 0 aliphatic heterocycles. The highest BCUT2D eigenvalue weighted by molar-refractivity contribution is 7.99. The largest absolute Gasteiger partial charge is 0.333 e. The van der Waals surface area contributed by atoms with Crippen molar-refractivity contribution < 1.29 is 4.79 Å². The first-order chi connectivity index (χ1) is 13.8. The first kappa shape index (κ1) is 21.4. The Morgan fingerprint density at radius 1 is 1.17 bits per heavy atom. The van der Waals surface area contributed by atoms with E-state index in [2.05, 4.69) is 31.0 Å². The highest BCUT2D eigenvalue weighted by Crippen LogP contribution is 2.25. The van der Waals surface area contributed by atoms with E-state index in [-0.39, 0.29) is 17.2 Å². The zero-order valence-corrected chi connectivity index (χ0v) is 18.7. The molecule has 1 amide bonds. The molecule has 0 bridgehead atoms. The predicted octanol–water partition coefficient (Wildman–Crippen LogP) is 5.15. The second-order valence-corrected chi connectivity index (χ2v) is 9.19. The molecule has 0 aliphatic rings. The van der Waals surface area contributed by atoms with Crippen LogP contribution in [0.1, 0.15) is 31.9 Å². The molecule has 0 saturated carbocycles. The van der Waals surface area contributed by atoms with E-state index in [4.69, 9.17) is 11.6 Å². The smallest absolute Gasteiger partial charge is 0.233 e. The van der Waals surface area contributed by atoms with Gasteiger partial charge in [-0.15, -0.1) is 10.2 Å². The summed E-state index contributed by atoms with van der Waals surface area (Å²) in [7, 11) is 0. The molecule has 7 heteroatoms. The van der Waals surface area contributed by atoms with Crippen LogP contribution in [0.2, 0.25) is 5.02 Å². The number of hydrogen-bond acceptors (Lipinski definition) is 4. The van der Waals surface area contributed by atoms with Crippen LogP contribution in [-0.2, 0) is 11.3 Å². The fraction of sp³-hybridized carbons (Fsp3) is 0.318. The lowest BCUT2D eigenvalue weighted by atomic mass is 10.0. The van der Waals surface area contributed by atoms with Crippen LogP contribution in [0.25, 0.3) is 5.69 Å². The molecule has 5 nitrogen and oxygen atoms in total. The second kappa shape index (κ2) is 9.01. The van der Waals surface area contributed by atoms with Crippen LogP contribution < -0.4 is 0 Å². The summed E-state index contributed by atoms with van der Waals surface area (Å²) in [5, 5.41) is 9.54. The van der Waals surface area contributed by atoms with E-state index in [0.717, 1.165) is 16.8 Å². The van der Waals surface area contributed by atoms with Gasteiger partial charge in [-0.3, -0.25) is 9.36 Å². The number of hydrogen-bond donors (Lipinski definition) is 0. The summed E-state index contributed by atoms with van der Waals surface area (Å²) in [4.78, 5) is 15.0. The van der Waals surface area contributed by atoms with Crippen LogP contribution in [-0.4, -0.2) is 36.9 Å². The van der Waals surface area contributed by atoms with E-state index in [0.29, 0.717) is 16.7 Å².